The molecule has 0 spiro atoms. The maximum absolute atomic E-state index is 11.6. The second-order valence-electron chi connectivity index (χ2n) is 4.12. The lowest BCUT2D eigenvalue weighted by molar-refractivity contribution is 0.0638. The summed E-state index contributed by atoms with van der Waals surface area (Å²) in [5, 5.41) is 7.13. The van der Waals surface area contributed by atoms with E-state index in [1.54, 1.807) is 12.1 Å². The molecule has 0 unspecified atom stereocenters. The molecule has 1 aromatic heterocycles. The molecule has 1 aromatic carbocycles. The van der Waals surface area contributed by atoms with E-state index >= 15 is 0 Å². The number of nitrogens with one attached hydrogen (secondary N) is 1. The minimum atomic E-state index is -1.11. The predicted octanol–water partition coefficient (Wildman–Crippen LogP) is 1.82. The van der Waals surface area contributed by atoms with Crippen molar-refractivity contribution in [2.24, 2.45) is 5.73 Å². The number of halogens is 1. The zero-order valence-corrected chi connectivity index (χ0v) is 11.7. The second kappa shape index (κ2) is 4.34. The normalized spacial score (nSPS) is 11.8. The summed E-state index contributed by atoms with van der Waals surface area (Å²) in [6.07, 6.45) is -0.328. The van der Waals surface area contributed by atoms with Gasteiger partial charge < -0.3 is 10.5 Å². The molecule has 1 aliphatic rings. The molecule has 0 fully saturated rings. The van der Waals surface area contributed by atoms with Gasteiger partial charge in [0, 0.05) is 17.5 Å². The van der Waals surface area contributed by atoms with Gasteiger partial charge in [0.15, 0.2) is 0 Å². The van der Waals surface area contributed by atoms with E-state index < -0.39 is 12.1 Å². The van der Waals surface area contributed by atoms with Gasteiger partial charge in [0.25, 0.3) is 0 Å². The van der Waals surface area contributed by atoms with Gasteiger partial charge in [-0.3, -0.25) is 5.10 Å². The summed E-state index contributed by atoms with van der Waals surface area (Å²) >= 11 is 2.19. The Hall–Kier alpha value is -1.90. The van der Waals surface area contributed by atoms with E-state index in [1.165, 1.54) is 0 Å². The summed E-state index contributed by atoms with van der Waals surface area (Å²) in [5.41, 5.74) is 9.05. The van der Waals surface area contributed by atoms with Gasteiger partial charge in [-0.15, -0.1) is 0 Å². The van der Waals surface area contributed by atoms with Crippen LogP contribution in [0.1, 0.15) is 21.5 Å². The molecule has 0 saturated heterocycles. The van der Waals surface area contributed by atoms with Crippen LogP contribution < -0.4 is 5.73 Å². The lowest BCUT2D eigenvalue weighted by atomic mass is 10.1. The number of ether oxygens (including phenoxy) is 1. The Morgan fingerprint density at radius 1 is 1.42 bits per heavy atom. The van der Waals surface area contributed by atoms with Gasteiger partial charge in [-0.1, -0.05) is 6.07 Å². The average molecular weight is 369 g/mol. The predicted molar refractivity (Wildman–Crippen MR) is 74.5 cm³/mol. The number of aromatic nitrogens is 2. The Balaban J connectivity index is 2.02. The summed E-state index contributed by atoms with van der Waals surface area (Å²) in [5.74, 6) is -0.756. The SMILES string of the molecule is NC(=O)OC(=O)c1ccc2c(c1)-c1n[nH]c(I)c1C2. The number of H-pyrrole nitrogens is 1. The smallest absolute Gasteiger partial charge is 0.373 e. The molecule has 1 amide bonds. The molecule has 2 aromatic rings. The number of benzene rings is 1. The highest BCUT2D eigenvalue weighted by atomic mass is 127. The number of esters is 1. The standard InChI is InChI=1S/C12H8IN3O3/c13-10-8-3-5-1-2-6(11(17)19-12(14)18)4-7(5)9(8)15-16-10/h1-2,4H,3H2,(H2,14,18)(H,15,16). The first kappa shape index (κ1) is 12.2. The minimum Gasteiger partial charge on any atom is -0.373 e. The van der Waals surface area contributed by atoms with Crippen LogP contribution in [0.3, 0.4) is 0 Å². The minimum absolute atomic E-state index is 0.281. The van der Waals surface area contributed by atoms with Crippen LogP contribution in [0.5, 0.6) is 0 Å². The molecule has 3 N–H and O–H groups in total. The summed E-state index contributed by atoms with van der Waals surface area (Å²) in [7, 11) is 0. The van der Waals surface area contributed by atoms with Crippen LogP contribution in [0.4, 0.5) is 4.79 Å². The molecule has 6 nitrogen and oxygen atoms in total. The number of carbonyl (C=O) groups excluding carboxylic acids is 2. The third-order valence-electron chi connectivity index (χ3n) is 2.98. The van der Waals surface area contributed by atoms with Crippen LogP contribution in [0.25, 0.3) is 11.3 Å². The van der Waals surface area contributed by atoms with Gasteiger partial charge >= 0.3 is 12.1 Å². The van der Waals surface area contributed by atoms with Gasteiger partial charge in [0.05, 0.1) is 15.0 Å². The first-order valence-electron chi connectivity index (χ1n) is 5.44. The summed E-state index contributed by atoms with van der Waals surface area (Å²) in [6.45, 7) is 0. The summed E-state index contributed by atoms with van der Waals surface area (Å²) < 4.78 is 5.35. The third-order valence-corrected chi connectivity index (χ3v) is 3.87. The number of hydrogen-bond donors (Lipinski definition) is 2. The quantitative estimate of drug-likeness (QED) is 0.388. The fourth-order valence-electron chi connectivity index (χ4n) is 2.15. The molecule has 0 aliphatic heterocycles. The highest BCUT2D eigenvalue weighted by molar-refractivity contribution is 14.1. The molecule has 0 radical (unpaired) electrons. The highest BCUT2D eigenvalue weighted by Gasteiger charge is 2.25. The second-order valence-corrected chi connectivity index (χ2v) is 5.20. The van der Waals surface area contributed by atoms with Crippen LogP contribution in [0.2, 0.25) is 0 Å². The molecule has 3 rings (SSSR count). The Morgan fingerprint density at radius 2 is 2.21 bits per heavy atom. The molecule has 7 heteroatoms. The Kier molecular flexibility index (Phi) is 2.77. The van der Waals surface area contributed by atoms with Gasteiger partial charge in [-0.05, 0) is 40.3 Å². The van der Waals surface area contributed by atoms with Gasteiger partial charge in [0.2, 0.25) is 0 Å². The van der Waals surface area contributed by atoms with Crippen molar-refractivity contribution >= 4 is 34.7 Å². The summed E-state index contributed by atoms with van der Waals surface area (Å²) in [6, 6.07) is 5.13. The number of nitrogens with two attached hydrogens (primary N) is 1. The number of nitrogens with zero attached hydrogens (tertiary/aromatic N) is 1. The molecule has 0 atom stereocenters. The van der Waals surface area contributed by atoms with Gasteiger partial charge in [-0.2, -0.15) is 5.10 Å². The molecule has 96 valence electrons. The maximum Gasteiger partial charge on any atom is 0.412 e. The van der Waals surface area contributed by atoms with Crippen molar-refractivity contribution in [3.63, 3.8) is 0 Å². The van der Waals surface area contributed by atoms with E-state index in [0.29, 0.717) is 0 Å². The Labute approximate surface area is 121 Å². The number of rotatable bonds is 1. The Morgan fingerprint density at radius 3 is 2.95 bits per heavy atom. The van der Waals surface area contributed by atoms with Crippen LogP contribution in [-0.4, -0.2) is 22.3 Å². The fourth-order valence-corrected chi connectivity index (χ4v) is 2.71. The lowest BCUT2D eigenvalue weighted by Crippen LogP contribution is -2.18. The number of primary amides is 1. The number of fused-ring (bicyclic) bond motifs is 3. The molecule has 1 heterocycles. The maximum atomic E-state index is 11.6. The van der Waals surface area contributed by atoms with E-state index in [-0.39, 0.29) is 5.56 Å². The monoisotopic (exact) mass is 369 g/mol. The van der Waals surface area contributed by atoms with Crippen molar-refractivity contribution in [1.82, 2.24) is 10.2 Å². The van der Waals surface area contributed by atoms with E-state index in [2.05, 4.69) is 37.5 Å². The largest absolute Gasteiger partial charge is 0.412 e. The summed E-state index contributed by atoms with van der Waals surface area (Å²) in [4.78, 5) is 22.2. The number of aromatic amines is 1. The van der Waals surface area contributed by atoms with E-state index in [9.17, 15) is 9.59 Å². The third kappa shape index (κ3) is 1.99. The van der Waals surface area contributed by atoms with E-state index in [4.69, 9.17) is 5.73 Å². The molecular formula is C12H8IN3O3. The first-order valence-corrected chi connectivity index (χ1v) is 6.52. The zero-order valence-electron chi connectivity index (χ0n) is 9.57. The highest BCUT2D eigenvalue weighted by Crippen LogP contribution is 2.37. The van der Waals surface area contributed by atoms with E-state index in [1.807, 2.05) is 6.07 Å². The van der Waals surface area contributed by atoms with Crippen molar-refractivity contribution in [2.75, 3.05) is 0 Å². The fraction of sp³-hybridized carbons (Fsp3) is 0.0833. The van der Waals surface area contributed by atoms with Crippen LogP contribution in [-0.2, 0) is 11.2 Å². The van der Waals surface area contributed by atoms with Gasteiger partial charge in [0.1, 0.15) is 0 Å². The Bertz CT molecular complexity index is 708. The van der Waals surface area contributed by atoms with Gasteiger partial charge in [-0.25, -0.2) is 9.59 Å². The van der Waals surface area contributed by atoms with Crippen LogP contribution in [0, 0.1) is 3.70 Å². The molecule has 0 bridgehead atoms. The first-order chi connectivity index (χ1) is 9.06. The molecule has 1 aliphatic carbocycles. The number of carbonyl (C=O) groups is 2. The molecular weight excluding hydrogens is 361 g/mol. The van der Waals surface area contributed by atoms with Crippen molar-refractivity contribution in [3.8, 4) is 11.3 Å². The topological polar surface area (TPSA) is 98.1 Å². The van der Waals surface area contributed by atoms with E-state index in [0.717, 1.165) is 32.5 Å². The van der Waals surface area contributed by atoms with Crippen molar-refractivity contribution < 1.29 is 14.3 Å². The zero-order chi connectivity index (χ0) is 13.6. The van der Waals surface area contributed by atoms with Crippen molar-refractivity contribution in [1.29, 1.82) is 0 Å². The lowest BCUT2D eigenvalue weighted by Gasteiger charge is -2.03. The molecule has 0 saturated carbocycles. The number of hydrogen-bond acceptors (Lipinski definition) is 4. The average Bonchev–Trinajstić information content (AvgIpc) is 2.88. The van der Waals surface area contributed by atoms with Crippen LogP contribution >= 0.6 is 22.6 Å². The van der Waals surface area contributed by atoms with Crippen molar-refractivity contribution in [3.05, 3.63) is 38.6 Å². The number of amides is 1. The molecule has 19 heavy (non-hydrogen) atoms. The van der Waals surface area contributed by atoms with Crippen molar-refractivity contribution in [2.45, 2.75) is 6.42 Å². The van der Waals surface area contributed by atoms with Crippen LogP contribution in [0.15, 0.2) is 18.2 Å².